The molecule has 4 heteroatoms. The zero-order valence-electron chi connectivity index (χ0n) is 11.3. The molecule has 0 saturated carbocycles. The molecule has 2 rings (SSSR count). The van der Waals surface area contributed by atoms with Crippen LogP contribution in [0.4, 0.5) is 5.82 Å². The smallest absolute Gasteiger partial charge is 0.143 e. The van der Waals surface area contributed by atoms with Crippen molar-refractivity contribution < 1.29 is 4.74 Å². The van der Waals surface area contributed by atoms with Gasteiger partial charge in [0.2, 0.25) is 0 Å². The molecule has 0 saturated heterocycles. The van der Waals surface area contributed by atoms with E-state index in [0.29, 0.717) is 11.7 Å². The Morgan fingerprint density at radius 3 is 2.84 bits per heavy atom. The maximum atomic E-state index is 5.94. The molecule has 0 bridgehead atoms. The second kappa shape index (κ2) is 6.20. The molecule has 1 atom stereocenters. The Labute approximate surface area is 113 Å². The maximum absolute atomic E-state index is 5.94. The van der Waals surface area contributed by atoms with Gasteiger partial charge in [0, 0.05) is 12.3 Å². The number of para-hydroxylation sites is 1. The zero-order valence-corrected chi connectivity index (χ0v) is 11.3. The second-order valence-corrected chi connectivity index (χ2v) is 4.47. The summed E-state index contributed by atoms with van der Waals surface area (Å²) in [5.74, 6) is 7.99. The molecule has 2 aromatic rings. The average molecular weight is 257 g/mol. The highest BCUT2D eigenvalue weighted by Gasteiger charge is 2.10. The molecule has 0 fully saturated rings. The summed E-state index contributed by atoms with van der Waals surface area (Å²) in [6, 6.07) is 11.7. The quantitative estimate of drug-likeness (QED) is 0.633. The highest BCUT2D eigenvalue weighted by Crippen LogP contribution is 2.32. The van der Waals surface area contributed by atoms with Crippen molar-refractivity contribution in [3.8, 4) is 11.5 Å². The summed E-state index contributed by atoms with van der Waals surface area (Å²) < 4.78 is 5.94. The van der Waals surface area contributed by atoms with Crippen LogP contribution in [0.15, 0.2) is 42.6 Å². The van der Waals surface area contributed by atoms with E-state index >= 15 is 0 Å². The Balaban J connectivity index is 2.27. The van der Waals surface area contributed by atoms with Gasteiger partial charge < -0.3 is 10.2 Å². The van der Waals surface area contributed by atoms with Crippen molar-refractivity contribution in [3.63, 3.8) is 0 Å². The number of anilines is 1. The lowest BCUT2D eigenvalue weighted by Gasteiger charge is -2.15. The van der Waals surface area contributed by atoms with Crippen LogP contribution in [-0.2, 0) is 0 Å². The molecule has 1 heterocycles. The van der Waals surface area contributed by atoms with Crippen LogP contribution in [0.2, 0.25) is 0 Å². The van der Waals surface area contributed by atoms with E-state index in [9.17, 15) is 0 Å². The molecule has 0 aliphatic heterocycles. The zero-order chi connectivity index (χ0) is 13.7. The second-order valence-electron chi connectivity index (χ2n) is 4.47. The Kier molecular flexibility index (Phi) is 4.36. The van der Waals surface area contributed by atoms with Crippen molar-refractivity contribution in [2.24, 2.45) is 5.84 Å². The summed E-state index contributed by atoms with van der Waals surface area (Å²) in [4.78, 5) is 4.06. The van der Waals surface area contributed by atoms with Crippen molar-refractivity contribution >= 4 is 5.82 Å². The van der Waals surface area contributed by atoms with Crippen LogP contribution in [-0.4, -0.2) is 4.98 Å². The first-order valence-corrected chi connectivity index (χ1v) is 6.44. The van der Waals surface area contributed by atoms with E-state index in [1.807, 2.05) is 24.3 Å². The van der Waals surface area contributed by atoms with Gasteiger partial charge in [0.15, 0.2) is 0 Å². The maximum Gasteiger partial charge on any atom is 0.143 e. The SMILES string of the molecule is CCC(C)c1ccccc1Oc1ccnc(NN)c1. The minimum Gasteiger partial charge on any atom is -0.457 e. The Morgan fingerprint density at radius 1 is 1.32 bits per heavy atom. The number of nitrogen functional groups attached to an aromatic ring is 1. The van der Waals surface area contributed by atoms with Crippen LogP contribution in [0, 0.1) is 0 Å². The fourth-order valence-electron chi connectivity index (χ4n) is 1.88. The van der Waals surface area contributed by atoms with E-state index in [1.165, 1.54) is 5.56 Å². The number of hydrazine groups is 1. The molecule has 0 aliphatic carbocycles. The number of rotatable bonds is 5. The number of ether oxygens (including phenoxy) is 1. The van der Waals surface area contributed by atoms with Gasteiger partial charge >= 0.3 is 0 Å². The summed E-state index contributed by atoms with van der Waals surface area (Å²) in [6.07, 6.45) is 2.74. The van der Waals surface area contributed by atoms with Gasteiger partial charge in [-0.05, 0) is 30.0 Å². The normalized spacial score (nSPS) is 11.9. The van der Waals surface area contributed by atoms with Gasteiger partial charge in [-0.3, -0.25) is 0 Å². The first-order valence-electron chi connectivity index (χ1n) is 6.44. The Morgan fingerprint density at radius 2 is 2.11 bits per heavy atom. The van der Waals surface area contributed by atoms with Crippen molar-refractivity contribution in [1.29, 1.82) is 0 Å². The number of pyridine rings is 1. The fourth-order valence-corrected chi connectivity index (χ4v) is 1.88. The number of hydrogen-bond acceptors (Lipinski definition) is 4. The standard InChI is InChI=1S/C15H19N3O/c1-3-11(2)13-6-4-5-7-14(13)19-12-8-9-17-15(10-12)18-16/h4-11H,3,16H2,1-2H3,(H,17,18). The molecule has 0 amide bonds. The molecule has 4 nitrogen and oxygen atoms in total. The highest BCUT2D eigenvalue weighted by molar-refractivity contribution is 5.44. The lowest BCUT2D eigenvalue weighted by atomic mass is 9.98. The number of nitrogens with one attached hydrogen (secondary N) is 1. The van der Waals surface area contributed by atoms with Gasteiger partial charge in [-0.1, -0.05) is 32.0 Å². The number of nitrogens with zero attached hydrogens (tertiary/aromatic N) is 1. The Bertz CT molecular complexity index is 542. The monoisotopic (exact) mass is 257 g/mol. The molecular formula is C15H19N3O. The van der Waals surface area contributed by atoms with E-state index in [2.05, 4.69) is 30.3 Å². The number of benzene rings is 1. The molecule has 0 spiro atoms. The summed E-state index contributed by atoms with van der Waals surface area (Å²) >= 11 is 0. The third kappa shape index (κ3) is 3.23. The third-order valence-electron chi connectivity index (χ3n) is 3.17. The lowest BCUT2D eigenvalue weighted by molar-refractivity contribution is 0.470. The highest BCUT2D eigenvalue weighted by atomic mass is 16.5. The van der Waals surface area contributed by atoms with Crippen molar-refractivity contribution in [2.45, 2.75) is 26.2 Å². The van der Waals surface area contributed by atoms with Gasteiger partial charge in [-0.2, -0.15) is 0 Å². The summed E-state index contributed by atoms with van der Waals surface area (Å²) in [7, 11) is 0. The van der Waals surface area contributed by atoms with Gasteiger partial charge in [0.25, 0.3) is 0 Å². The molecule has 0 radical (unpaired) electrons. The van der Waals surface area contributed by atoms with Gasteiger partial charge in [0.1, 0.15) is 17.3 Å². The molecule has 3 N–H and O–H groups in total. The van der Waals surface area contributed by atoms with E-state index in [0.717, 1.165) is 17.9 Å². The first kappa shape index (κ1) is 13.4. The third-order valence-corrected chi connectivity index (χ3v) is 3.17. The predicted octanol–water partition coefficient (Wildman–Crippen LogP) is 3.67. The van der Waals surface area contributed by atoms with Crippen LogP contribution in [0.1, 0.15) is 31.7 Å². The minimum atomic E-state index is 0.463. The molecular weight excluding hydrogens is 238 g/mol. The van der Waals surface area contributed by atoms with Gasteiger partial charge in [0.05, 0.1) is 0 Å². The summed E-state index contributed by atoms with van der Waals surface area (Å²) in [5.41, 5.74) is 3.72. The summed E-state index contributed by atoms with van der Waals surface area (Å²) in [5, 5.41) is 0. The molecule has 19 heavy (non-hydrogen) atoms. The van der Waals surface area contributed by atoms with Gasteiger partial charge in [-0.15, -0.1) is 0 Å². The number of nitrogens with two attached hydrogens (primary N) is 1. The largest absolute Gasteiger partial charge is 0.457 e. The van der Waals surface area contributed by atoms with Gasteiger partial charge in [-0.25, -0.2) is 10.8 Å². The summed E-state index contributed by atoms with van der Waals surface area (Å²) in [6.45, 7) is 4.37. The van der Waals surface area contributed by atoms with E-state index in [-0.39, 0.29) is 0 Å². The first-order chi connectivity index (χ1) is 9.24. The number of hydrogen-bond donors (Lipinski definition) is 2. The van der Waals surface area contributed by atoms with Crippen LogP contribution < -0.4 is 16.0 Å². The van der Waals surface area contributed by atoms with E-state index in [1.54, 1.807) is 12.3 Å². The van der Waals surface area contributed by atoms with Crippen molar-refractivity contribution in [1.82, 2.24) is 4.98 Å². The molecule has 1 aromatic carbocycles. The molecule has 1 unspecified atom stereocenters. The van der Waals surface area contributed by atoms with Crippen LogP contribution in [0.25, 0.3) is 0 Å². The van der Waals surface area contributed by atoms with Crippen LogP contribution in [0.3, 0.4) is 0 Å². The van der Waals surface area contributed by atoms with E-state index < -0.39 is 0 Å². The van der Waals surface area contributed by atoms with E-state index in [4.69, 9.17) is 10.6 Å². The molecule has 0 aliphatic rings. The lowest BCUT2D eigenvalue weighted by Crippen LogP contribution is -2.08. The molecule has 100 valence electrons. The fraction of sp³-hybridized carbons (Fsp3) is 0.267. The topological polar surface area (TPSA) is 60.2 Å². The van der Waals surface area contributed by atoms with Crippen molar-refractivity contribution in [3.05, 3.63) is 48.2 Å². The van der Waals surface area contributed by atoms with Crippen LogP contribution >= 0.6 is 0 Å². The molecule has 1 aromatic heterocycles. The minimum absolute atomic E-state index is 0.463. The predicted molar refractivity (Wildman–Crippen MR) is 77.3 cm³/mol. The van der Waals surface area contributed by atoms with Crippen molar-refractivity contribution in [2.75, 3.05) is 5.43 Å². The number of aromatic nitrogens is 1. The Hall–Kier alpha value is -2.07. The average Bonchev–Trinajstić information content (AvgIpc) is 2.47. The van der Waals surface area contributed by atoms with Crippen LogP contribution in [0.5, 0.6) is 11.5 Å².